The molecule has 8 heteroatoms. The van der Waals surface area contributed by atoms with Crippen molar-refractivity contribution in [3.05, 3.63) is 41.0 Å². The molecule has 0 aliphatic rings. The van der Waals surface area contributed by atoms with Crippen molar-refractivity contribution in [2.45, 2.75) is 25.7 Å². The highest BCUT2D eigenvalue weighted by atomic mass is 16.6. The average Bonchev–Trinajstić information content (AvgIpc) is 3.05. The van der Waals surface area contributed by atoms with Gasteiger partial charge in [-0.15, -0.1) is 0 Å². The molecule has 0 radical (unpaired) electrons. The van der Waals surface area contributed by atoms with E-state index in [0.717, 1.165) is 25.5 Å². The number of benzene rings is 1. The highest BCUT2D eigenvalue weighted by Crippen LogP contribution is 2.26. The highest BCUT2D eigenvalue weighted by molar-refractivity contribution is 5.65. The molecule has 22 heavy (non-hydrogen) atoms. The molecule has 0 aliphatic carbocycles. The molecule has 0 spiro atoms. The zero-order chi connectivity index (χ0) is 15.8. The number of nitro benzene ring substituents is 1. The first-order valence-corrected chi connectivity index (χ1v) is 7.03. The molecule has 0 amide bonds. The van der Waals surface area contributed by atoms with Crippen molar-refractivity contribution >= 4 is 17.7 Å². The van der Waals surface area contributed by atoms with Gasteiger partial charge in [0, 0.05) is 19.0 Å². The highest BCUT2D eigenvalue weighted by Gasteiger charge is 2.15. The third-order valence-corrected chi connectivity index (χ3v) is 3.18. The molecule has 0 saturated carbocycles. The van der Waals surface area contributed by atoms with Crippen LogP contribution >= 0.6 is 0 Å². The van der Waals surface area contributed by atoms with Gasteiger partial charge >= 0.3 is 0 Å². The van der Waals surface area contributed by atoms with Crippen molar-refractivity contribution in [1.29, 1.82) is 0 Å². The lowest BCUT2D eigenvalue weighted by Crippen LogP contribution is -2.05. The smallest absolute Gasteiger partial charge is 0.294 e. The van der Waals surface area contributed by atoms with Crippen molar-refractivity contribution in [2.24, 2.45) is 0 Å². The Bertz CT molecular complexity index is 627. The van der Waals surface area contributed by atoms with E-state index in [4.69, 9.17) is 0 Å². The van der Waals surface area contributed by atoms with E-state index in [1.54, 1.807) is 12.1 Å². The van der Waals surface area contributed by atoms with E-state index < -0.39 is 4.92 Å². The quantitative estimate of drug-likeness (QED) is 0.330. The summed E-state index contributed by atoms with van der Waals surface area (Å²) in [6, 6.07) is 4.88. The van der Waals surface area contributed by atoms with Gasteiger partial charge in [0.25, 0.3) is 5.69 Å². The van der Waals surface area contributed by atoms with E-state index in [-0.39, 0.29) is 5.69 Å². The Morgan fingerprint density at radius 3 is 2.86 bits per heavy atom. The van der Waals surface area contributed by atoms with Crippen molar-refractivity contribution in [1.82, 2.24) is 14.8 Å². The van der Waals surface area contributed by atoms with Crippen LogP contribution in [0, 0.1) is 10.1 Å². The van der Waals surface area contributed by atoms with Crippen LogP contribution in [-0.4, -0.2) is 32.5 Å². The second-order valence-electron chi connectivity index (χ2n) is 4.74. The number of anilines is 1. The number of unbranched alkanes of at least 4 members (excludes halogenated alkanes) is 3. The number of carbonyl (C=O) groups is 1. The molecule has 0 aliphatic heterocycles. The fourth-order valence-corrected chi connectivity index (χ4v) is 2.06. The van der Waals surface area contributed by atoms with Gasteiger partial charge in [-0.3, -0.25) is 10.1 Å². The monoisotopic (exact) mass is 303 g/mol. The lowest BCUT2D eigenvalue weighted by molar-refractivity contribution is -0.383. The van der Waals surface area contributed by atoms with E-state index in [1.165, 1.54) is 23.4 Å². The van der Waals surface area contributed by atoms with Gasteiger partial charge in [-0.2, -0.15) is 5.10 Å². The number of hydrogen-bond donors (Lipinski definition) is 1. The average molecular weight is 303 g/mol. The van der Waals surface area contributed by atoms with Crippen molar-refractivity contribution < 1.29 is 9.72 Å². The summed E-state index contributed by atoms with van der Waals surface area (Å²) in [7, 11) is 0. The number of hydrogen-bond acceptors (Lipinski definition) is 6. The molecule has 1 heterocycles. The number of nitro groups is 1. The minimum atomic E-state index is -0.421. The summed E-state index contributed by atoms with van der Waals surface area (Å²) in [6.07, 6.45) is 6.94. The summed E-state index contributed by atoms with van der Waals surface area (Å²) < 4.78 is 1.47. The molecule has 0 atom stereocenters. The Morgan fingerprint density at radius 2 is 2.18 bits per heavy atom. The van der Waals surface area contributed by atoms with E-state index in [9.17, 15) is 14.9 Å². The number of aldehydes is 1. The Balaban J connectivity index is 2.01. The maximum absolute atomic E-state index is 11.2. The first-order chi connectivity index (χ1) is 10.7. The van der Waals surface area contributed by atoms with Gasteiger partial charge in [-0.1, -0.05) is 6.42 Å². The van der Waals surface area contributed by atoms with Gasteiger partial charge < -0.3 is 10.1 Å². The predicted molar refractivity (Wildman–Crippen MR) is 81.0 cm³/mol. The van der Waals surface area contributed by atoms with Crippen LogP contribution in [-0.2, 0) is 4.79 Å². The SMILES string of the molecule is O=CCCCCCNc1ccc(-n2cncn2)cc1[N+](=O)[O-]. The zero-order valence-corrected chi connectivity index (χ0v) is 12.0. The van der Waals surface area contributed by atoms with E-state index in [0.29, 0.717) is 24.3 Å². The molecule has 8 nitrogen and oxygen atoms in total. The molecule has 2 aromatic rings. The second-order valence-corrected chi connectivity index (χ2v) is 4.74. The van der Waals surface area contributed by atoms with Crippen LogP contribution in [0.25, 0.3) is 5.69 Å². The van der Waals surface area contributed by atoms with Crippen LogP contribution in [0.3, 0.4) is 0 Å². The number of rotatable bonds is 9. The molecule has 1 aromatic carbocycles. The summed E-state index contributed by atoms with van der Waals surface area (Å²) in [5.41, 5.74) is 1.06. The molecule has 0 unspecified atom stereocenters. The number of aromatic nitrogens is 3. The van der Waals surface area contributed by atoms with E-state index in [2.05, 4.69) is 15.4 Å². The summed E-state index contributed by atoms with van der Waals surface area (Å²) >= 11 is 0. The molecule has 0 saturated heterocycles. The van der Waals surface area contributed by atoms with Crippen LogP contribution in [0.5, 0.6) is 0 Å². The maximum Gasteiger partial charge on any atom is 0.294 e. The molecule has 1 aromatic heterocycles. The maximum atomic E-state index is 11.2. The van der Waals surface area contributed by atoms with Crippen molar-refractivity contribution in [2.75, 3.05) is 11.9 Å². The van der Waals surface area contributed by atoms with E-state index >= 15 is 0 Å². The topological polar surface area (TPSA) is 103 Å². The predicted octanol–water partition coefficient (Wildman–Crippen LogP) is 2.35. The third-order valence-electron chi connectivity index (χ3n) is 3.18. The number of carbonyl (C=O) groups excluding carboxylic acids is 1. The fraction of sp³-hybridized carbons (Fsp3) is 0.357. The Hall–Kier alpha value is -2.77. The third kappa shape index (κ3) is 4.11. The lowest BCUT2D eigenvalue weighted by atomic mass is 10.2. The van der Waals surface area contributed by atoms with Gasteiger partial charge in [-0.05, 0) is 25.0 Å². The van der Waals surface area contributed by atoms with Gasteiger partial charge in [-0.25, -0.2) is 9.67 Å². The molecule has 0 bridgehead atoms. The minimum Gasteiger partial charge on any atom is -0.379 e. The molecule has 116 valence electrons. The molecule has 1 N–H and O–H groups in total. The second kappa shape index (κ2) is 7.87. The van der Waals surface area contributed by atoms with Crippen molar-refractivity contribution in [3.63, 3.8) is 0 Å². The normalized spacial score (nSPS) is 10.4. The molecule has 0 fully saturated rings. The number of nitrogens with one attached hydrogen (secondary N) is 1. The summed E-state index contributed by atoms with van der Waals surface area (Å²) in [4.78, 5) is 24.8. The van der Waals surface area contributed by atoms with Crippen LogP contribution in [0.2, 0.25) is 0 Å². The number of nitrogens with zero attached hydrogens (tertiary/aromatic N) is 4. The van der Waals surface area contributed by atoms with Crippen LogP contribution in [0.1, 0.15) is 25.7 Å². The van der Waals surface area contributed by atoms with Gasteiger partial charge in [0.2, 0.25) is 0 Å². The van der Waals surface area contributed by atoms with Gasteiger partial charge in [0.1, 0.15) is 24.6 Å². The first-order valence-electron chi connectivity index (χ1n) is 7.03. The van der Waals surface area contributed by atoms with Crippen molar-refractivity contribution in [3.8, 4) is 5.69 Å². The standard InChI is InChI=1S/C14H17N5O3/c20-8-4-2-1-3-7-16-13-6-5-12(9-14(13)19(21)22)18-11-15-10-17-18/h5-6,8-11,16H,1-4,7H2. The summed E-state index contributed by atoms with van der Waals surface area (Å²) in [5, 5.41) is 18.2. The molecular formula is C14H17N5O3. The molecule has 2 rings (SSSR count). The largest absolute Gasteiger partial charge is 0.379 e. The fourth-order valence-electron chi connectivity index (χ4n) is 2.06. The molecular weight excluding hydrogens is 286 g/mol. The summed E-state index contributed by atoms with van der Waals surface area (Å²) in [6.45, 7) is 0.627. The Kier molecular flexibility index (Phi) is 5.58. The first kappa shape index (κ1) is 15.6. The minimum absolute atomic E-state index is 0.000825. The van der Waals surface area contributed by atoms with Crippen LogP contribution in [0.4, 0.5) is 11.4 Å². The Morgan fingerprint density at radius 1 is 1.32 bits per heavy atom. The summed E-state index contributed by atoms with van der Waals surface area (Å²) in [5.74, 6) is 0. The van der Waals surface area contributed by atoms with E-state index in [1.807, 2.05) is 0 Å². The Labute approximate surface area is 127 Å². The van der Waals surface area contributed by atoms with Gasteiger partial charge in [0.05, 0.1) is 10.6 Å². The lowest BCUT2D eigenvalue weighted by Gasteiger charge is -2.08. The van der Waals surface area contributed by atoms with Crippen LogP contribution < -0.4 is 5.32 Å². The van der Waals surface area contributed by atoms with Gasteiger partial charge in [0.15, 0.2) is 0 Å². The van der Waals surface area contributed by atoms with Crippen LogP contribution in [0.15, 0.2) is 30.9 Å². The zero-order valence-electron chi connectivity index (χ0n) is 12.0.